The van der Waals surface area contributed by atoms with E-state index in [4.69, 9.17) is 4.74 Å². The zero-order valence-electron chi connectivity index (χ0n) is 12.7. The van der Waals surface area contributed by atoms with Gasteiger partial charge in [-0.1, -0.05) is 18.2 Å². The van der Waals surface area contributed by atoms with Gasteiger partial charge in [-0.15, -0.1) is 12.4 Å². The second-order valence-electron chi connectivity index (χ2n) is 5.94. The lowest BCUT2D eigenvalue weighted by molar-refractivity contribution is -0.0197. The first-order chi connectivity index (χ1) is 10.0. The maximum atomic E-state index is 12.6. The molecule has 1 spiro atoms. The molecule has 0 bridgehead atoms. The smallest absolute Gasteiger partial charge is 0.243 e. The summed E-state index contributed by atoms with van der Waals surface area (Å²) >= 11 is 0. The molecule has 5 nitrogen and oxygen atoms in total. The van der Waals surface area contributed by atoms with Crippen molar-refractivity contribution in [2.45, 2.75) is 35.8 Å². The van der Waals surface area contributed by atoms with Gasteiger partial charge in [0.15, 0.2) is 0 Å². The van der Waals surface area contributed by atoms with Crippen LogP contribution in [0.2, 0.25) is 0 Å². The lowest BCUT2D eigenvalue weighted by Gasteiger charge is -2.33. The van der Waals surface area contributed by atoms with Crippen LogP contribution in [0, 0.1) is 0 Å². The Hall–Kier alpha value is -0.660. The molecule has 3 rings (SSSR count). The van der Waals surface area contributed by atoms with Crippen molar-refractivity contribution in [2.75, 3.05) is 26.7 Å². The molecule has 0 amide bonds. The Morgan fingerprint density at radius 2 is 1.86 bits per heavy atom. The highest BCUT2D eigenvalue weighted by molar-refractivity contribution is 7.89. The van der Waals surface area contributed by atoms with E-state index in [1.165, 1.54) is 4.31 Å². The van der Waals surface area contributed by atoms with Crippen molar-refractivity contribution >= 4 is 22.4 Å². The van der Waals surface area contributed by atoms with Crippen LogP contribution in [0.1, 0.15) is 19.3 Å². The Balaban J connectivity index is 0.00000176. The molecule has 1 aromatic rings. The van der Waals surface area contributed by atoms with E-state index in [9.17, 15) is 8.42 Å². The number of ether oxygens (including phenoxy) is 1. The lowest BCUT2D eigenvalue weighted by Crippen LogP contribution is -2.43. The number of nitrogens with one attached hydrogen (secondary N) is 1. The predicted octanol–water partition coefficient (Wildman–Crippen LogP) is 1.64. The molecule has 7 heteroatoms. The number of piperidine rings is 1. The first-order valence-electron chi connectivity index (χ1n) is 7.41. The van der Waals surface area contributed by atoms with Crippen molar-refractivity contribution in [3.8, 4) is 0 Å². The minimum absolute atomic E-state index is 0. The van der Waals surface area contributed by atoms with E-state index >= 15 is 0 Å². The maximum Gasteiger partial charge on any atom is 0.243 e. The molecule has 0 unspecified atom stereocenters. The molecule has 1 atom stereocenters. The second kappa shape index (κ2) is 6.84. The number of nitrogens with zero attached hydrogens (tertiary/aromatic N) is 1. The molecule has 1 N–H and O–H groups in total. The molecule has 0 aliphatic carbocycles. The highest BCUT2D eigenvalue weighted by atomic mass is 35.5. The summed E-state index contributed by atoms with van der Waals surface area (Å²) in [7, 11) is -1.78. The Kier molecular flexibility index (Phi) is 5.50. The summed E-state index contributed by atoms with van der Waals surface area (Å²) in [5.41, 5.74) is -0.129. The summed E-state index contributed by atoms with van der Waals surface area (Å²) in [4.78, 5) is 0.346. The largest absolute Gasteiger partial charge is 0.373 e. The van der Waals surface area contributed by atoms with Crippen molar-refractivity contribution < 1.29 is 13.2 Å². The van der Waals surface area contributed by atoms with Gasteiger partial charge >= 0.3 is 0 Å². The molecule has 124 valence electrons. The van der Waals surface area contributed by atoms with Gasteiger partial charge in [0.1, 0.15) is 0 Å². The fourth-order valence-electron chi connectivity index (χ4n) is 3.24. The molecular weight excluding hydrogens is 324 g/mol. The Bertz CT molecular complexity index is 588. The number of sulfonamides is 1. The summed E-state index contributed by atoms with van der Waals surface area (Å²) in [5.74, 6) is 0. The van der Waals surface area contributed by atoms with Crippen LogP contribution in [-0.2, 0) is 14.8 Å². The van der Waals surface area contributed by atoms with Crippen LogP contribution in [0.4, 0.5) is 0 Å². The van der Waals surface area contributed by atoms with Gasteiger partial charge in [0.2, 0.25) is 10.0 Å². The molecule has 2 fully saturated rings. The van der Waals surface area contributed by atoms with E-state index in [0.29, 0.717) is 11.5 Å². The van der Waals surface area contributed by atoms with E-state index in [-0.39, 0.29) is 24.0 Å². The lowest BCUT2D eigenvalue weighted by atomic mass is 9.88. The van der Waals surface area contributed by atoms with Gasteiger partial charge in [0.25, 0.3) is 0 Å². The molecule has 2 aliphatic heterocycles. The standard InChI is InChI=1S/C15H22N2O3S.ClH/c1-17(21(18,19)14-5-3-2-4-6-14)13-11-15(20-12-13)7-9-16-10-8-15;/h2-6,13,16H,7-12H2,1H3;1H/t13-;/m1./s1. The van der Waals surface area contributed by atoms with Gasteiger partial charge in [-0.2, -0.15) is 4.31 Å². The zero-order valence-corrected chi connectivity index (χ0v) is 14.3. The SMILES string of the molecule is CN([C@H]1COC2(CCNCC2)C1)S(=O)(=O)c1ccccc1.Cl. The van der Waals surface area contributed by atoms with Gasteiger partial charge in [-0.3, -0.25) is 0 Å². The monoisotopic (exact) mass is 346 g/mol. The second-order valence-corrected chi connectivity index (χ2v) is 7.93. The Labute approximate surface area is 138 Å². The van der Waals surface area contributed by atoms with Gasteiger partial charge in [-0.05, 0) is 44.5 Å². The zero-order chi connectivity index (χ0) is 14.9. The number of rotatable bonds is 3. The van der Waals surface area contributed by atoms with E-state index in [1.54, 1.807) is 31.3 Å². The van der Waals surface area contributed by atoms with Crippen molar-refractivity contribution in [3.63, 3.8) is 0 Å². The summed E-state index contributed by atoms with van der Waals surface area (Å²) in [6, 6.07) is 8.53. The van der Waals surface area contributed by atoms with E-state index in [2.05, 4.69) is 5.32 Å². The molecule has 2 heterocycles. The molecule has 0 radical (unpaired) electrons. The Morgan fingerprint density at radius 3 is 2.50 bits per heavy atom. The third kappa shape index (κ3) is 3.31. The molecule has 0 aromatic heterocycles. The van der Waals surface area contributed by atoms with E-state index in [1.807, 2.05) is 6.07 Å². The molecule has 2 saturated heterocycles. The normalized spacial score (nSPS) is 24.4. The average Bonchev–Trinajstić information content (AvgIpc) is 2.91. The number of halogens is 1. The highest BCUT2D eigenvalue weighted by Crippen LogP contribution is 2.36. The van der Waals surface area contributed by atoms with E-state index < -0.39 is 10.0 Å². The highest BCUT2D eigenvalue weighted by Gasteiger charge is 2.44. The molecule has 22 heavy (non-hydrogen) atoms. The number of likely N-dealkylation sites (N-methyl/N-ethyl adjacent to an activating group) is 1. The number of hydrogen-bond donors (Lipinski definition) is 1. The Morgan fingerprint density at radius 1 is 1.23 bits per heavy atom. The van der Waals surface area contributed by atoms with Gasteiger partial charge in [-0.25, -0.2) is 8.42 Å². The average molecular weight is 347 g/mol. The van der Waals surface area contributed by atoms with Gasteiger partial charge < -0.3 is 10.1 Å². The van der Waals surface area contributed by atoms with Crippen molar-refractivity contribution in [1.82, 2.24) is 9.62 Å². The molecule has 2 aliphatic rings. The van der Waals surface area contributed by atoms with Crippen LogP contribution in [0.5, 0.6) is 0 Å². The number of benzene rings is 1. The van der Waals surface area contributed by atoms with Crippen LogP contribution < -0.4 is 5.32 Å². The van der Waals surface area contributed by atoms with Crippen LogP contribution >= 0.6 is 12.4 Å². The summed E-state index contributed by atoms with van der Waals surface area (Å²) < 4.78 is 32.8. The predicted molar refractivity (Wildman–Crippen MR) is 87.8 cm³/mol. The minimum Gasteiger partial charge on any atom is -0.373 e. The van der Waals surface area contributed by atoms with Crippen LogP contribution in [0.3, 0.4) is 0 Å². The van der Waals surface area contributed by atoms with Crippen LogP contribution in [0.15, 0.2) is 35.2 Å². The first-order valence-corrected chi connectivity index (χ1v) is 8.85. The fraction of sp³-hybridized carbons (Fsp3) is 0.600. The van der Waals surface area contributed by atoms with Gasteiger partial charge in [0.05, 0.1) is 23.1 Å². The maximum absolute atomic E-state index is 12.6. The number of hydrogen-bond acceptors (Lipinski definition) is 4. The third-order valence-electron chi connectivity index (χ3n) is 4.64. The minimum atomic E-state index is -3.44. The first kappa shape index (κ1) is 17.7. The topological polar surface area (TPSA) is 58.6 Å². The van der Waals surface area contributed by atoms with Crippen molar-refractivity contribution in [1.29, 1.82) is 0 Å². The molecule has 1 aromatic carbocycles. The van der Waals surface area contributed by atoms with Crippen molar-refractivity contribution in [2.24, 2.45) is 0 Å². The summed E-state index contributed by atoms with van der Waals surface area (Å²) in [6.07, 6.45) is 2.71. The third-order valence-corrected chi connectivity index (χ3v) is 6.56. The molecular formula is C15H23ClN2O3S. The fourth-order valence-corrected chi connectivity index (χ4v) is 4.60. The molecule has 0 saturated carbocycles. The van der Waals surface area contributed by atoms with Crippen molar-refractivity contribution in [3.05, 3.63) is 30.3 Å². The van der Waals surface area contributed by atoms with Gasteiger partial charge in [0, 0.05) is 7.05 Å². The van der Waals surface area contributed by atoms with Crippen LogP contribution in [0.25, 0.3) is 0 Å². The summed E-state index contributed by atoms with van der Waals surface area (Å²) in [6.45, 7) is 2.38. The van der Waals surface area contributed by atoms with E-state index in [0.717, 1.165) is 32.4 Å². The van der Waals surface area contributed by atoms with Crippen LogP contribution in [-0.4, -0.2) is 51.1 Å². The summed E-state index contributed by atoms with van der Waals surface area (Å²) in [5, 5.41) is 3.32. The quantitative estimate of drug-likeness (QED) is 0.904.